The van der Waals surface area contributed by atoms with Crippen molar-refractivity contribution in [3.05, 3.63) is 210 Å². The second kappa shape index (κ2) is 11.8. The molecule has 9 aromatic rings. The van der Waals surface area contributed by atoms with Crippen molar-refractivity contribution in [1.29, 1.82) is 0 Å². The lowest BCUT2D eigenvalue weighted by atomic mass is 9.64. The van der Waals surface area contributed by atoms with Gasteiger partial charge in [0, 0.05) is 36.0 Å². The topological polar surface area (TPSA) is 4.93 Å². The van der Waals surface area contributed by atoms with Crippen molar-refractivity contribution in [1.82, 2.24) is 4.57 Å². The molecule has 0 saturated heterocycles. The second-order valence-corrected chi connectivity index (χ2v) is 16.7. The van der Waals surface area contributed by atoms with Crippen molar-refractivity contribution in [3.63, 3.8) is 0 Å². The first-order chi connectivity index (χ1) is 26.2. The summed E-state index contributed by atoms with van der Waals surface area (Å²) in [6.07, 6.45) is 0. The molecule has 0 radical (unpaired) electrons. The van der Waals surface area contributed by atoms with Gasteiger partial charge in [-0.3, -0.25) is 0 Å². The van der Waals surface area contributed by atoms with Gasteiger partial charge in [0.15, 0.2) is 0 Å². The SMILES string of the molecule is C=S1c2ccccc2C2(c3ccc(-c4ccc5c(c4)c4ccccc4n5-c4ccccc4)cc3Sc3ccc(-c4ccccc4)cc32)c2ccccc21. The Morgan fingerprint density at radius 1 is 0.415 bits per heavy atom. The third kappa shape index (κ3) is 4.45. The Balaban J connectivity index is 1.16. The number of fused-ring (bicyclic) bond motifs is 11. The summed E-state index contributed by atoms with van der Waals surface area (Å²) in [5.74, 6) is 4.78. The van der Waals surface area contributed by atoms with E-state index in [2.05, 4.69) is 193 Å². The second-order valence-electron chi connectivity index (χ2n) is 13.9. The summed E-state index contributed by atoms with van der Waals surface area (Å²) in [6.45, 7) is 0. The normalized spacial score (nSPS) is 16.9. The van der Waals surface area contributed by atoms with Gasteiger partial charge in [-0.2, -0.15) is 0 Å². The number of hydrogen-bond acceptors (Lipinski definition) is 1. The summed E-state index contributed by atoms with van der Waals surface area (Å²) in [5, 5.41) is 2.53. The highest BCUT2D eigenvalue weighted by Crippen LogP contribution is 2.63. The molecule has 2 aliphatic rings. The zero-order valence-corrected chi connectivity index (χ0v) is 30.5. The Hall–Kier alpha value is -5.87. The van der Waals surface area contributed by atoms with Crippen LogP contribution in [0.15, 0.2) is 208 Å². The van der Waals surface area contributed by atoms with Crippen LogP contribution in [0.5, 0.6) is 0 Å². The predicted octanol–water partition coefficient (Wildman–Crippen LogP) is 13.4. The number of hydrogen-bond donors (Lipinski definition) is 0. The van der Waals surface area contributed by atoms with Gasteiger partial charge in [-0.1, -0.05) is 145 Å². The first-order valence-electron chi connectivity index (χ1n) is 18.0. The zero-order valence-electron chi connectivity index (χ0n) is 28.9. The number of para-hydroxylation sites is 2. The van der Waals surface area contributed by atoms with Crippen molar-refractivity contribution in [2.75, 3.05) is 0 Å². The van der Waals surface area contributed by atoms with E-state index >= 15 is 0 Å². The van der Waals surface area contributed by atoms with Gasteiger partial charge in [-0.05, 0) is 105 Å². The summed E-state index contributed by atoms with van der Waals surface area (Å²) >= 11 is 1.90. The van der Waals surface area contributed by atoms with E-state index in [0.29, 0.717) is 0 Å². The Kier molecular flexibility index (Phi) is 6.86. The van der Waals surface area contributed by atoms with Crippen LogP contribution in [0.2, 0.25) is 0 Å². The number of aromatic nitrogens is 1. The van der Waals surface area contributed by atoms with Crippen LogP contribution in [0.1, 0.15) is 22.3 Å². The quantitative estimate of drug-likeness (QED) is 0.165. The molecular formula is C50H33NS2. The number of benzene rings is 8. The molecule has 0 N–H and O–H groups in total. The molecule has 53 heavy (non-hydrogen) atoms. The first kappa shape index (κ1) is 30.7. The molecule has 0 saturated carbocycles. The lowest BCUT2D eigenvalue weighted by Crippen LogP contribution is -2.37. The predicted molar refractivity (Wildman–Crippen MR) is 225 cm³/mol. The molecule has 8 aromatic carbocycles. The Bertz CT molecular complexity index is 2890. The van der Waals surface area contributed by atoms with Crippen LogP contribution >= 0.6 is 22.2 Å². The Morgan fingerprint density at radius 2 is 1.00 bits per heavy atom. The summed E-state index contributed by atoms with van der Waals surface area (Å²) in [4.78, 5) is 5.24. The third-order valence-electron chi connectivity index (χ3n) is 11.2. The van der Waals surface area contributed by atoms with E-state index < -0.39 is 5.41 Å². The third-order valence-corrected chi connectivity index (χ3v) is 14.1. The highest BCUT2D eigenvalue weighted by molar-refractivity contribution is 8.14. The van der Waals surface area contributed by atoms with Crippen LogP contribution in [-0.2, 0) is 5.41 Å². The van der Waals surface area contributed by atoms with Gasteiger partial charge < -0.3 is 4.57 Å². The summed E-state index contributed by atoms with van der Waals surface area (Å²) in [7, 11) is -0.293. The van der Waals surface area contributed by atoms with Crippen molar-refractivity contribution in [2.45, 2.75) is 25.0 Å². The minimum atomic E-state index is -0.485. The fraction of sp³-hybridized carbons (Fsp3) is 0.0200. The van der Waals surface area contributed by atoms with Crippen LogP contribution in [0.4, 0.5) is 0 Å². The van der Waals surface area contributed by atoms with Gasteiger partial charge >= 0.3 is 0 Å². The van der Waals surface area contributed by atoms with E-state index in [1.807, 2.05) is 11.8 Å². The molecule has 1 aromatic heterocycles. The molecule has 0 amide bonds. The van der Waals surface area contributed by atoms with Crippen LogP contribution in [0.25, 0.3) is 49.7 Å². The molecular weight excluding hydrogens is 679 g/mol. The maximum Gasteiger partial charge on any atom is 0.0745 e. The van der Waals surface area contributed by atoms with Crippen molar-refractivity contribution in [2.24, 2.45) is 0 Å². The molecule has 0 atom stereocenters. The van der Waals surface area contributed by atoms with E-state index in [-0.39, 0.29) is 10.5 Å². The average Bonchev–Trinajstić information content (AvgIpc) is 3.56. The fourth-order valence-electron chi connectivity index (χ4n) is 8.92. The van der Waals surface area contributed by atoms with Gasteiger partial charge in [0.05, 0.1) is 16.4 Å². The van der Waals surface area contributed by atoms with Crippen LogP contribution in [-0.4, -0.2) is 10.4 Å². The Morgan fingerprint density at radius 3 is 1.77 bits per heavy atom. The van der Waals surface area contributed by atoms with Gasteiger partial charge in [-0.15, -0.1) is 10.5 Å². The van der Waals surface area contributed by atoms with Crippen LogP contribution in [0.3, 0.4) is 0 Å². The molecule has 0 aliphatic carbocycles. The van der Waals surface area contributed by atoms with Crippen molar-refractivity contribution >= 4 is 49.9 Å². The smallest absolute Gasteiger partial charge is 0.0745 e. The van der Waals surface area contributed by atoms with Gasteiger partial charge in [-0.25, -0.2) is 0 Å². The molecule has 3 heteroatoms. The van der Waals surface area contributed by atoms with E-state index in [1.165, 1.54) is 91.6 Å². The van der Waals surface area contributed by atoms with Crippen LogP contribution < -0.4 is 0 Å². The largest absolute Gasteiger partial charge is 0.309 e. The van der Waals surface area contributed by atoms with E-state index in [9.17, 15) is 0 Å². The lowest BCUT2D eigenvalue weighted by molar-refractivity contribution is 0.667. The number of nitrogens with zero attached hydrogens (tertiary/aromatic N) is 1. The Labute approximate surface area is 316 Å². The summed E-state index contributed by atoms with van der Waals surface area (Å²) < 4.78 is 2.38. The zero-order chi connectivity index (χ0) is 35.1. The highest BCUT2D eigenvalue weighted by Gasteiger charge is 2.49. The summed E-state index contributed by atoms with van der Waals surface area (Å²) in [6, 6.07) is 69.7. The van der Waals surface area contributed by atoms with Crippen LogP contribution in [0, 0.1) is 0 Å². The average molecular weight is 712 g/mol. The minimum Gasteiger partial charge on any atom is -0.309 e. The van der Waals surface area contributed by atoms with E-state index in [0.717, 1.165) is 0 Å². The molecule has 3 heterocycles. The highest BCUT2D eigenvalue weighted by atomic mass is 32.2. The van der Waals surface area contributed by atoms with Gasteiger partial charge in [0.1, 0.15) is 0 Å². The van der Waals surface area contributed by atoms with Crippen molar-refractivity contribution < 1.29 is 0 Å². The first-order valence-corrected chi connectivity index (χ1v) is 20.3. The lowest BCUT2D eigenvalue weighted by Gasteiger charge is -2.46. The van der Waals surface area contributed by atoms with E-state index in [1.54, 1.807) is 0 Å². The molecule has 0 fully saturated rings. The minimum absolute atomic E-state index is 0.293. The number of rotatable bonds is 3. The maximum absolute atomic E-state index is 4.78. The summed E-state index contributed by atoms with van der Waals surface area (Å²) in [5.41, 5.74) is 13.4. The van der Waals surface area contributed by atoms with Gasteiger partial charge in [0.2, 0.25) is 0 Å². The van der Waals surface area contributed by atoms with E-state index in [4.69, 9.17) is 5.87 Å². The monoisotopic (exact) mass is 711 g/mol. The maximum atomic E-state index is 4.78. The molecule has 250 valence electrons. The fourth-order valence-corrected chi connectivity index (χ4v) is 11.8. The van der Waals surface area contributed by atoms with Crippen molar-refractivity contribution in [3.8, 4) is 27.9 Å². The molecule has 1 nitrogen and oxygen atoms in total. The van der Waals surface area contributed by atoms with Gasteiger partial charge in [0.25, 0.3) is 0 Å². The molecule has 2 aliphatic heterocycles. The molecule has 11 rings (SSSR count). The standard InChI is InChI=1S/C50H33NS2/c1-53-48-22-12-9-19-41(48)50(42-20-10-13-23-49(42)53)40-27-24-36(32-47(40)52-46-29-26-35(31-43(46)50)33-14-4-2-5-15-33)34-25-28-45-39(30-34)38-18-8-11-21-44(38)51(45)37-16-6-3-7-17-37/h2-32H,1H2. The molecule has 0 unspecified atom stereocenters. The molecule has 0 bridgehead atoms. The molecule has 1 spiro atoms.